The number of hydrogen-bond acceptors (Lipinski definition) is 5. The van der Waals surface area contributed by atoms with E-state index in [4.69, 9.17) is 0 Å². The predicted octanol–water partition coefficient (Wildman–Crippen LogP) is 4.97. The van der Waals surface area contributed by atoms with Crippen LogP contribution in [0.1, 0.15) is 18.5 Å². The molecule has 0 aliphatic rings. The highest BCUT2D eigenvalue weighted by Crippen LogP contribution is 2.32. The molecule has 0 aliphatic heterocycles. The molecule has 2 aromatic heterocycles. The molecule has 4 rings (SSSR count). The monoisotopic (exact) mass is 449 g/mol. The molecule has 1 atom stereocenters. The van der Waals surface area contributed by atoms with E-state index in [1.807, 2.05) is 80.7 Å². The van der Waals surface area contributed by atoms with Crippen LogP contribution in [-0.4, -0.2) is 33.2 Å². The Hall–Kier alpha value is -2.90. The van der Waals surface area contributed by atoms with Gasteiger partial charge in [0.2, 0.25) is 5.91 Å². The Morgan fingerprint density at radius 3 is 2.45 bits per heavy atom. The molecule has 0 fully saturated rings. The van der Waals surface area contributed by atoms with Crippen LogP contribution in [0, 0.1) is 0 Å². The first-order valence-corrected chi connectivity index (χ1v) is 11.8. The molecule has 0 saturated heterocycles. The normalized spacial score (nSPS) is 12.1. The van der Waals surface area contributed by atoms with Gasteiger partial charge in [0.05, 0.1) is 17.2 Å². The van der Waals surface area contributed by atoms with Gasteiger partial charge in [0, 0.05) is 19.0 Å². The smallest absolute Gasteiger partial charge is 0.262 e. The highest BCUT2D eigenvalue weighted by Gasteiger charge is 2.19. The van der Waals surface area contributed by atoms with Gasteiger partial charge in [-0.05, 0) is 24.1 Å². The van der Waals surface area contributed by atoms with Crippen molar-refractivity contribution in [1.82, 2.24) is 14.5 Å². The number of carbonyl (C=O) groups is 1. The van der Waals surface area contributed by atoms with Gasteiger partial charge < -0.3 is 4.90 Å². The van der Waals surface area contributed by atoms with Crippen LogP contribution in [0.15, 0.2) is 76.7 Å². The highest BCUT2D eigenvalue weighted by molar-refractivity contribution is 7.99. The van der Waals surface area contributed by atoms with Crippen molar-refractivity contribution in [2.45, 2.75) is 18.1 Å². The number of amides is 1. The Morgan fingerprint density at radius 1 is 1.13 bits per heavy atom. The Balaban J connectivity index is 1.54. The summed E-state index contributed by atoms with van der Waals surface area (Å²) in [4.78, 5) is 33.8. The van der Waals surface area contributed by atoms with Crippen LogP contribution in [0.3, 0.4) is 0 Å². The lowest BCUT2D eigenvalue weighted by atomic mass is 10.1. The average Bonchev–Trinajstić information content (AvgIpc) is 3.25. The SMILES string of the molecule is CC(c1ccccc1)N(C)C(=O)CSc1nc2sc(-c3ccccc3)cc2c(=O)n1C. The molecule has 2 aromatic carbocycles. The van der Waals surface area contributed by atoms with Crippen molar-refractivity contribution < 1.29 is 4.79 Å². The molecule has 1 amide bonds. The van der Waals surface area contributed by atoms with Crippen molar-refractivity contribution in [3.05, 3.63) is 82.6 Å². The molecule has 1 unspecified atom stereocenters. The lowest BCUT2D eigenvalue weighted by Gasteiger charge is -2.25. The van der Waals surface area contributed by atoms with Crippen LogP contribution in [0.5, 0.6) is 0 Å². The van der Waals surface area contributed by atoms with E-state index in [0.717, 1.165) is 16.0 Å². The van der Waals surface area contributed by atoms with Gasteiger partial charge in [0.25, 0.3) is 5.56 Å². The van der Waals surface area contributed by atoms with E-state index >= 15 is 0 Å². The average molecular weight is 450 g/mol. The maximum atomic E-state index is 12.9. The third kappa shape index (κ3) is 4.43. The predicted molar refractivity (Wildman–Crippen MR) is 129 cm³/mol. The minimum atomic E-state index is -0.0932. The van der Waals surface area contributed by atoms with Crippen molar-refractivity contribution in [3.8, 4) is 10.4 Å². The summed E-state index contributed by atoms with van der Waals surface area (Å²) in [5.41, 5.74) is 2.06. The minimum Gasteiger partial charge on any atom is -0.338 e. The zero-order valence-corrected chi connectivity index (χ0v) is 19.2. The number of aromatic nitrogens is 2. The van der Waals surface area contributed by atoms with Gasteiger partial charge >= 0.3 is 0 Å². The summed E-state index contributed by atoms with van der Waals surface area (Å²) in [6.07, 6.45) is 0. The highest BCUT2D eigenvalue weighted by atomic mass is 32.2. The summed E-state index contributed by atoms with van der Waals surface area (Å²) < 4.78 is 1.53. The molecular formula is C24H23N3O2S2. The van der Waals surface area contributed by atoms with Crippen LogP contribution in [0.25, 0.3) is 20.7 Å². The second-order valence-corrected chi connectivity index (χ2v) is 9.31. The van der Waals surface area contributed by atoms with Crippen LogP contribution in [-0.2, 0) is 11.8 Å². The Bertz CT molecular complexity index is 1270. The summed E-state index contributed by atoms with van der Waals surface area (Å²) in [5.74, 6) is 0.211. The quantitative estimate of drug-likeness (QED) is 0.308. The summed E-state index contributed by atoms with van der Waals surface area (Å²) in [6, 6.07) is 21.8. The fraction of sp³-hybridized carbons (Fsp3) is 0.208. The maximum absolute atomic E-state index is 12.9. The third-order valence-corrected chi connectivity index (χ3v) is 7.46. The molecule has 5 nitrogen and oxygen atoms in total. The summed E-state index contributed by atoms with van der Waals surface area (Å²) in [5, 5.41) is 1.16. The number of nitrogens with zero attached hydrogens (tertiary/aromatic N) is 3. The van der Waals surface area contributed by atoms with E-state index in [-0.39, 0.29) is 23.3 Å². The van der Waals surface area contributed by atoms with Crippen molar-refractivity contribution in [1.29, 1.82) is 0 Å². The molecule has 0 radical (unpaired) electrons. The minimum absolute atomic E-state index is 0.00754. The van der Waals surface area contributed by atoms with Gasteiger partial charge in [-0.2, -0.15) is 0 Å². The molecule has 0 spiro atoms. The van der Waals surface area contributed by atoms with Crippen molar-refractivity contribution in [2.75, 3.05) is 12.8 Å². The van der Waals surface area contributed by atoms with E-state index in [0.29, 0.717) is 15.4 Å². The van der Waals surface area contributed by atoms with E-state index in [2.05, 4.69) is 4.98 Å². The molecule has 0 saturated carbocycles. The largest absolute Gasteiger partial charge is 0.338 e. The molecule has 0 bridgehead atoms. The molecule has 7 heteroatoms. The Kier molecular flexibility index (Phi) is 6.25. The van der Waals surface area contributed by atoms with Gasteiger partial charge in [0.1, 0.15) is 4.83 Å². The van der Waals surface area contributed by atoms with E-state index in [1.165, 1.54) is 27.7 Å². The van der Waals surface area contributed by atoms with E-state index in [1.54, 1.807) is 11.9 Å². The summed E-state index contributed by atoms with van der Waals surface area (Å²) in [6.45, 7) is 2.01. The lowest BCUT2D eigenvalue weighted by molar-refractivity contribution is -0.128. The molecule has 0 N–H and O–H groups in total. The van der Waals surface area contributed by atoms with Crippen LogP contribution in [0.2, 0.25) is 0 Å². The Labute approximate surface area is 189 Å². The van der Waals surface area contributed by atoms with Crippen LogP contribution in [0.4, 0.5) is 0 Å². The fourth-order valence-corrected chi connectivity index (χ4v) is 5.29. The van der Waals surface area contributed by atoms with Gasteiger partial charge in [-0.25, -0.2) is 4.98 Å². The van der Waals surface area contributed by atoms with Crippen molar-refractivity contribution in [2.24, 2.45) is 7.05 Å². The van der Waals surface area contributed by atoms with Crippen molar-refractivity contribution >= 4 is 39.2 Å². The van der Waals surface area contributed by atoms with Gasteiger partial charge in [-0.1, -0.05) is 72.4 Å². The van der Waals surface area contributed by atoms with E-state index in [9.17, 15) is 9.59 Å². The topological polar surface area (TPSA) is 55.2 Å². The zero-order chi connectivity index (χ0) is 22.0. The molecule has 158 valence electrons. The first-order valence-electron chi connectivity index (χ1n) is 9.95. The molecule has 2 heterocycles. The second kappa shape index (κ2) is 9.08. The van der Waals surface area contributed by atoms with Gasteiger partial charge in [-0.3, -0.25) is 14.2 Å². The van der Waals surface area contributed by atoms with Crippen LogP contribution >= 0.6 is 23.1 Å². The fourth-order valence-electron chi connectivity index (χ4n) is 3.32. The number of benzene rings is 2. The molecule has 31 heavy (non-hydrogen) atoms. The summed E-state index contributed by atoms with van der Waals surface area (Å²) in [7, 11) is 3.51. The van der Waals surface area contributed by atoms with Gasteiger partial charge in [-0.15, -0.1) is 11.3 Å². The van der Waals surface area contributed by atoms with E-state index < -0.39 is 0 Å². The standard InChI is InChI=1S/C24H23N3O2S2/c1-16(17-10-6-4-7-11-17)26(2)21(28)15-30-24-25-22-19(23(29)27(24)3)14-20(31-22)18-12-8-5-9-13-18/h4-14,16H,15H2,1-3H3. The Morgan fingerprint density at radius 2 is 1.77 bits per heavy atom. The van der Waals surface area contributed by atoms with Crippen molar-refractivity contribution in [3.63, 3.8) is 0 Å². The number of thioether (sulfide) groups is 1. The number of fused-ring (bicyclic) bond motifs is 1. The second-order valence-electron chi connectivity index (χ2n) is 7.33. The zero-order valence-electron chi connectivity index (χ0n) is 17.6. The summed E-state index contributed by atoms with van der Waals surface area (Å²) >= 11 is 2.79. The van der Waals surface area contributed by atoms with Crippen LogP contribution < -0.4 is 5.56 Å². The maximum Gasteiger partial charge on any atom is 0.262 e. The molecule has 4 aromatic rings. The number of thiophene rings is 1. The number of hydrogen-bond donors (Lipinski definition) is 0. The van der Waals surface area contributed by atoms with Gasteiger partial charge in [0.15, 0.2) is 5.16 Å². The first-order chi connectivity index (χ1) is 15.0. The molecule has 0 aliphatic carbocycles. The lowest BCUT2D eigenvalue weighted by Crippen LogP contribution is -2.31. The first kappa shape index (κ1) is 21.3. The number of carbonyl (C=O) groups excluding carboxylic acids is 1. The number of rotatable bonds is 6. The molecular weight excluding hydrogens is 426 g/mol. The third-order valence-electron chi connectivity index (χ3n) is 5.37.